The van der Waals surface area contributed by atoms with Gasteiger partial charge < -0.3 is 19.5 Å². The van der Waals surface area contributed by atoms with Crippen molar-refractivity contribution in [2.24, 2.45) is 0 Å². The lowest BCUT2D eigenvalue weighted by atomic mass is 10.0. The molecular weight excluding hydrogens is 343 g/mol. The van der Waals surface area contributed by atoms with Crippen LogP contribution in [0.4, 0.5) is 13.2 Å². The number of halogens is 3. The molecule has 0 aromatic heterocycles. The average Bonchev–Trinajstić information content (AvgIpc) is 2.57. The second kappa shape index (κ2) is 10.00. The van der Waals surface area contributed by atoms with Crippen LogP contribution in [0, 0.1) is 0 Å². The highest BCUT2D eigenvalue weighted by Gasteiger charge is 2.30. The number of hydrogen-bond acceptors (Lipinski definition) is 5. The van der Waals surface area contributed by atoms with Gasteiger partial charge in [0.2, 0.25) is 5.91 Å². The van der Waals surface area contributed by atoms with Crippen LogP contribution in [0.5, 0.6) is 0 Å². The van der Waals surface area contributed by atoms with E-state index >= 15 is 0 Å². The summed E-state index contributed by atoms with van der Waals surface area (Å²) in [6, 6.07) is 3.30. The Morgan fingerprint density at radius 1 is 1.12 bits per heavy atom. The van der Waals surface area contributed by atoms with Crippen molar-refractivity contribution in [1.29, 1.82) is 0 Å². The molecule has 6 nitrogen and oxygen atoms in total. The van der Waals surface area contributed by atoms with Crippen LogP contribution >= 0.6 is 0 Å². The molecule has 0 unspecified atom stereocenters. The number of alkyl halides is 3. The fourth-order valence-corrected chi connectivity index (χ4v) is 1.94. The van der Waals surface area contributed by atoms with Crippen molar-refractivity contribution < 1.29 is 37.0 Å². The number of ether oxygens (including phenoxy) is 3. The molecule has 0 radical (unpaired) electrons. The molecule has 0 saturated heterocycles. The maximum Gasteiger partial charge on any atom is 0.416 e. The molecule has 1 amide bonds. The van der Waals surface area contributed by atoms with Crippen molar-refractivity contribution in [2.75, 3.05) is 34.0 Å². The minimum absolute atomic E-state index is 0.00534. The van der Waals surface area contributed by atoms with Crippen LogP contribution in [0.3, 0.4) is 0 Å². The fraction of sp³-hybridized carbons (Fsp3) is 0.500. The van der Waals surface area contributed by atoms with Crippen LogP contribution in [0.2, 0.25) is 0 Å². The van der Waals surface area contributed by atoms with E-state index in [1.807, 2.05) is 0 Å². The first-order valence-corrected chi connectivity index (χ1v) is 7.38. The summed E-state index contributed by atoms with van der Waals surface area (Å²) in [4.78, 5) is 23.6. The quantitative estimate of drug-likeness (QED) is 0.533. The van der Waals surface area contributed by atoms with Crippen molar-refractivity contribution in [3.63, 3.8) is 0 Å². The van der Waals surface area contributed by atoms with E-state index in [1.54, 1.807) is 0 Å². The van der Waals surface area contributed by atoms with Gasteiger partial charge >= 0.3 is 12.1 Å². The zero-order chi connectivity index (χ0) is 18.9. The Morgan fingerprint density at radius 2 is 1.76 bits per heavy atom. The monoisotopic (exact) mass is 363 g/mol. The van der Waals surface area contributed by atoms with Gasteiger partial charge in [0.25, 0.3) is 0 Å². The van der Waals surface area contributed by atoms with Crippen molar-refractivity contribution in [3.8, 4) is 0 Å². The minimum atomic E-state index is -4.44. The number of methoxy groups -OCH3 is 2. The van der Waals surface area contributed by atoms with E-state index < -0.39 is 29.7 Å². The number of nitrogens with one attached hydrogen (secondary N) is 1. The van der Waals surface area contributed by atoms with Crippen LogP contribution in [-0.4, -0.2) is 52.0 Å². The van der Waals surface area contributed by atoms with Gasteiger partial charge in [0.05, 0.1) is 25.9 Å². The van der Waals surface area contributed by atoms with Gasteiger partial charge in [-0.05, 0) is 17.7 Å². The SMILES string of the molecule is COCCOCC(=O)N[C@@H](Cc1ccc(C(F)(F)F)cc1)C(=O)OC. The van der Waals surface area contributed by atoms with E-state index in [0.717, 1.165) is 19.2 Å². The molecule has 0 saturated carbocycles. The van der Waals surface area contributed by atoms with Crippen LogP contribution in [0.15, 0.2) is 24.3 Å². The average molecular weight is 363 g/mol. The first-order chi connectivity index (χ1) is 11.8. The fourth-order valence-electron chi connectivity index (χ4n) is 1.94. The van der Waals surface area contributed by atoms with Gasteiger partial charge in [-0.2, -0.15) is 13.2 Å². The molecule has 9 heteroatoms. The van der Waals surface area contributed by atoms with Crippen LogP contribution in [-0.2, 0) is 36.4 Å². The largest absolute Gasteiger partial charge is 0.467 e. The zero-order valence-electron chi connectivity index (χ0n) is 13.9. The van der Waals surface area contributed by atoms with Crippen molar-refractivity contribution >= 4 is 11.9 Å². The van der Waals surface area contributed by atoms with Crippen molar-refractivity contribution in [2.45, 2.75) is 18.6 Å². The molecule has 25 heavy (non-hydrogen) atoms. The van der Waals surface area contributed by atoms with Gasteiger partial charge in [0.1, 0.15) is 12.6 Å². The van der Waals surface area contributed by atoms with Gasteiger partial charge in [-0.3, -0.25) is 4.79 Å². The molecule has 0 spiro atoms. The van der Waals surface area contributed by atoms with Gasteiger partial charge in [0, 0.05) is 13.5 Å². The van der Waals surface area contributed by atoms with Crippen molar-refractivity contribution in [3.05, 3.63) is 35.4 Å². The summed E-state index contributed by atoms with van der Waals surface area (Å²) in [5.74, 6) is -1.25. The van der Waals surface area contributed by atoms with E-state index in [9.17, 15) is 22.8 Å². The lowest BCUT2D eigenvalue weighted by Gasteiger charge is -2.17. The van der Waals surface area contributed by atoms with Crippen LogP contribution < -0.4 is 5.32 Å². The summed E-state index contributed by atoms with van der Waals surface area (Å²) >= 11 is 0. The number of rotatable bonds is 9. The number of amides is 1. The molecule has 1 aromatic carbocycles. The van der Waals surface area contributed by atoms with E-state index in [-0.39, 0.29) is 19.6 Å². The van der Waals surface area contributed by atoms with E-state index in [4.69, 9.17) is 9.47 Å². The third kappa shape index (κ3) is 7.53. The second-order valence-electron chi connectivity index (χ2n) is 5.09. The van der Waals surface area contributed by atoms with Gasteiger partial charge in [0.15, 0.2) is 0 Å². The summed E-state index contributed by atoms with van der Waals surface area (Å²) in [5, 5.41) is 2.44. The van der Waals surface area contributed by atoms with E-state index in [0.29, 0.717) is 12.2 Å². The number of esters is 1. The Labute approximate surface area is 143 Å². The number of carbonyl (C=O) groups excluding carboxylic acids is 2. The first kappa shape index (κ1) is 20.9. The Morgan fingerprint density at radius 3 is 2.28 bits per heavy atom. The zero-order valence-corrected chi connectivity index (χ0v) is 13.9. The molecule has 0 fully saturated rings. The standard InChI is InChI=1S/C16H20F3NO5/c1-23-7-8-25-10-14(21)20-13(15(22)24-2)9-11-3-5-12(6-4-11)16(17,18)19/h3-6,13H,7-10H2,1-2H3,(H,20,21)/t13-/m0/s1. The van der Waals surface area contributed by atoms with Gasteiger partial charge in [-0.25, -0.2) is 4.79 Å². The first-order valence-electron chi connectivity index (χ1n) is 7.38. The molecular formula is C16H20F3NO5. The molecule has 0 aliphatic heterocycles. The Hall–Kier alpha value is -2.13. The van der Waals surface area contributed by atoms with Gasteiger partial charge in [-0.1, -0.05) is 12.1 Å². The highest BCUT2D eigenvalue weighted by atomic mass is 19.4. The summed E-state index contributed by atoms with van der Waals surface area (Å²) in [5.41, 5.74) is -0.342. The van der Waals surface area contributed by atoms with Crippen molar-refractivity contribution in [1.82, 2.24) is 5.32 Å². The van der Waals surface area contributed by atoms with Crippen LogP contribution in [0.25, 0.3) is 0 Å². The lowest BCUT2D eigenvalue weighted by Crippen LogP contribution is -2.44. The number of hydrogen-bond donors (Lipinski definition) is 1. The highest BCUT2D eigenvalue weighted by molar-refractivity contribution is 5.85. The Balaban J connectivity index is 2.67. The predicted molar refractivity (Wildman–Crippen MR) is 81.8 cm³/mol. The van der Waals surface area contributed by atoms with E-state index in [2.05, 4.69) is 10.1 Å². The third-order valence-corrected chi connectivity index (χ3v) is 3.21. The molecule has 1 N–H and O–H groups in total. The summed E-state index contributed by atoms with van der Waals surface area (Å²) in [6.45, 7) is 0.259. The normalized spacial score (nSPS) is 12.5. The second-order valence-corrected chi connectivity index (χ2v) is 5.09. The summed E-state index contributed by atoms with van der Waals surface area (Å²) in [6.07, 6.45) is -4.44. The molecule has 140 valence electrons. The molecule has 0 aliphatic carbocycles. The lowest BCUT2D eigenvalue weighted by molar-refractivity contribution is -0.145. The molecule has 1 rings (SSSR count). The highest BCUT2D eigenvalue weighted by Crippen LogP contribution is 2.29. The summed E-state index contributed by atoms with van der Waals surface area (Å²) < 4.78 is 52.1. The molecule has 0 aliphatic rings. The molecule has 1 aromatic rings. The predicted octanol–water partition coefficient (Wildman–Crippen LogP) is 1.57. The maximum absolute atomic E-state index is 12.6. The molecule has 0 bridgehead atoms. The van der Waals surface area contributed by atoms with Crippen LogP contribution in [0.1, 0.15) is 11.1 Å². The Bertz CT molecular complexity index is 560. The topological polar surface area (TPSA) is 73.9 Å². The molecule has 0 heterocycles. The third-order valence-electron chi connectivity index (χ3n) is 3.21. The number of carbonyl (C=O) groups is 2. The maximum atomic E-state index is 12.6. The molecule has 1 atom stereocenters. The van der Waals surface area contributed by atoms with E-state index in [1.165, 1.54) is 19.2 Å². The Kier molecular flexibility index (Phi) is 8.36. The summed E-state index contributed by atoms with van der Waals surface area (Å²) in [7, 11) is 2.64. The number of benzene rings is 1. The van der Waals surface area contributed by atoms with Gasteiger partial charge in [-0.15, -0.1) is 0 Å². The minimum Gasteiger partial charge on any atom is -0.467 e. The smallest absolute Gasteiger partial charge is 0.416 e.